The number of amides is 1. The molecule has 0 saturated heterocycles. The lowest BCUT2D eigenvalue weighted by molar-refractivity contribution is 0.102. The highest BCUT2D eigenvalue weighted by molar-refractivity contribution is 6.05. The van der Waals surface area contributed by atoms with Gasteiger partial charge >= 0.3 is 0 Å². The van der Waals surface area contributed by atoms with Crippen LogP contribution in [0.4, 0.5) is 5.69 Å². The summed E-state index contributed by atoms with van der Waals surface area (Å²) in [4.78, 5) is 17.5. The molecule has 32 heavy (non-hydrogen) atoms. The monoisotopic (exact) mass is 427 g/mol. The van der Waals surface area contributed by atoms with Crippen LogP contribution in [0, 0.1) is 27.7 Å². The summed E-state index contributed by atoms with van der Waals surface area (Å²) in [6, 6.07) is 12.0. The highest BCUT2D eigenvalue weighted by atomic mass is 16.5. The van der Waals surface area contributed by atoms with Gasteiger partial charge < -0.3 is 9.84 Å². The summed E-state index contributed by atoms with van der Waals surface area (Å²) in [5.41, 5.74) is 6.93. The molecule has 7 nitrogen and oxygen atoms in total. The second-order valence-electron chi connectivity index (χ2n) is 8.64. The fraction of sp³-hybridized carbons (Fsp3) is 0.280. The van der Waals surface area contributed by atoms with Gasteiger partial charge in [0.2, 0.25) is 11.7 Å². The molecule has 0 aliphatic heterocycles. The summed E-state index contributed by atoms with van der Waals surface area (Å²) in [6.07, 6.45) is 3.99. The molecule has 0 bridgehead atoms. The number of hydrogen-bond acceptors (Lipinski definition) is 5. The van der Waals surface area contributed by atoms with Gasteiger partial charge in [-0.2, -0.15) is 10.1 Å². The van der Waals surface area contributed by atoms with Crippen molar-refractivity contribution in [3.05, 3.63) is 76.4 Å². The average molecular weight is 428 g/mol. The quantitative estimate of drug-likeness (QED) is 0.468. The van der Waals surface area contributed by atoms with E-state index in [1.807, 2.05) is 58.0 Å². The minimum atomic E-state index is -0.181. The first-order chi connectivity index (χ1) is 15.4. The number of rotatable bonds is 5. The van der Waals surface area contributed by atoms with Crippen LogP contribution in [0.5, 0.6) is 0 Å². The second kappa shape index (κ2) is 7.75. The smallest absolute Gasteiger partial charge is 0.259 e. The third-order valence-electron chi connectivity index (χ3n) is 5.71. The molecule has 1 amide bonds. The SMILES string of the molecule is Cc1cc(C)cc(NC(=O)c2cn(-c3cc(-c4noc(C5CC5)n4)ccc3C)nc2C)c1. The van der Waals surface area contributed by atoms with Crippen molar-refractivity contribution in [2.75, 3.05) is 5.32 Å². The van der Waals surface area contributed by atoms with E-state index in [1.54, 1.807) is 10.9 Å². The summed E-state index contributed by atoms with van der Waals surface area (Å²) in [5, 5.41) is 11.7. The zero-order valence-electron chi connectivity index (χ0n) is 18.6. The van der Waals surface area contributed by atoms with Crippen molar-refractivity contribution in [3.63, 3.8) is 0 Å². The molecule has 7 heteroatoms. The molecule has 162 valence electrons. The lowest BCUT2D eigenvalue weighted by Crippen LogP contribution is -2.12. The second-order valence-corrected chi connectivity index (χ2v) is 8.64. The Balaban J connectivity index is 1.44. The van der Waals surface area contributed by atoms with Crippen LogP contribution >= 0.6 is 0 Å². The first-order valence-corrected chi connectivity index (χ1v) is 10.8. The van der Waals surface area contributed by atoms with Crippen LogP contribution < -0.4 is 5.32 Å². The van der Waals surface area contributed by atoms with E-state index in [0.29, 0.717) is 28.9 Å². The van der Waals surface area contributed by atoms with Gasteiger partial charge in [0, 0.05) is 23.4 Å². The van der Waals surface area contributed by atoms with Gasteiger partial charge in [0.25, 0.3) is 5.91 Å². The fourth-order valence-corrected chi connectivity index (χ4v) is 3.90. The van der Waals surface area contributed by atoms with Crippen molar-refractivity contribution < 1.29 is 9.32 Å². The molecule has 1 aliphatic rings. The summed E-state index contributed by atoms with van der Waals surface area (Å²) in [5.74, 6) is 1.51. The highest BCUT2D eigenvalue weighted by Crippen LogP contribution is 2.39. The maximum Gasteiger partial charge on any atom is 0.259 e. The Kier molecular flexibility index (Phi) is 4.89. The number of aryl methyl sites for hydroxylation is 4. The normalized spacial score (nSPS) is 13.4. The van der Waals surface area contributed by atoms with E-state index in [2.05, 4.69) is 26.6 Å². The van der Waals surface area contributed by atoms with Crippen molar-refractivity contribution in [2.24, 2.45) is 0 Å². The zero-order valence-corrected chi connectivity index (χ0v) is 18.6. The van der Waals surface area contributed by atoms with Gasteiger partial charge in [-0.25, -0.2) is 4.68 Å². The van der Waals surface area contributed by atoms with Crippen LogP contribution in [0.25, 0.3) is 17.1 Å². The van der Waals surface area contributed by atoms with Crippen molar-refractivity contribution in [1.29, 1.82) is 0 Å². The van der Waals surface area contributed by atoms with Crippen molar-refractivity contribution in [3.8, 4) is 17.1 Å². The molecular formula is C25H25N5O2. The van der Waals surface area contributed by atoms with Gasteiger partial charge in [-0.3, -0.25) is 4.79 Å². The third-order valence-corrected chi connectivity index (χ3v) is 5.71. The molecule has 0 atom stereocenters. The highest BCUT2D eigenvalue weighted by Gasteiger charge is 2.29. The zero-order chi connectivity index (χ0) is 22.4. The topological polar surface area (TPSA) is 85.8 Å². The van der Waals surface area contributed by atoms with Gasteiger partial charge in [0.15, 0.2) is 0 Å². The lowest BCUT2D eigenvalue weighted by Gasteiger charge is -2.08. The summed E-state index contributed by atoms with van der Waals surface area (Å²) >= 11 is 0. The number of aromatic nitrogens is 4. The van der Waals surface area contributed by atoms with Crippen molar-refractivity contribution in [2.45, 2.75) is 46.5 Å². The summed E-state index contributed by atoms with van der Waals surface area (Å²) < 4.78 is 7.15. The van der Waals surface area contributed by atoms with Crippen LogP contribution in [0.1, 0.15) is 57.4 Å². The van der Waals surface area contributed by atoms with Crippen LogP contribution in [0.3, 0.4) is 0 Å². The largest absolute Gasteiger partial charge is 0.339 e. The minimum Gasteiger partial charge on any atom is -0.339 e. The number of nitrogens with one attached hydrogen (secondary N) is 1. The van der Waals surface area contributed by atoms with Crippen molar-refractivity contribution in [1.82, 2.24) is 19.9 Å². The Bertz CT molecular complexity index is 1310. The molecule has 2 aromatic carbocycles. The van der Waals surface area contributed by atoms with Crippen molar-refractivity contribution >= 4 is 11.6 Å². The predicted molar refractivity (Wildman–Crippen MR) is 122 cm³/mol. The number of carbonyl (C=O) groups is 1. The Morgan fingerprint density at radius 3 is 2.53 bits per heavy atom. The maximum absolute atomic E-state index is 13.0. The number of hydrogen-bond donors (Lipinski definition) is 1. The Morgan fingerprint density at radius 2 is 1.81 bits per heavy atom. The van der Waals surface area contributed by atoms with Gasteiger partial charge in [-0.05, 0) is 75.4 Å². The number of carbonyl (C=O) groups excluding carboxylic acids is 1. The molecule has 1 saturated carbocycles. The first kappa shape index (κ1) is 20.2. The van der Waals surface area contributed by atoms with E-state index >= 15 is 0 Å². The molecule has 4 aromatic rings. The summed E-state index contributed by atoms with van der Waals surface area (Å²) in [7, 11) is 0. The summed E-state index contributed by atoms with van der Waals surface area (Å²) in [6.45, 7) is 7.88. The Morgan fingerprint density at radius 1 is 1.06 bits per heavy atom. The van der Waals surface area contributed by atoms with Crippen LogP contribution in [0.15, 0.2) is 47.1 Å². The standard InChI is InChI=1S/C25H25N5O2/c1-14-9-15(2)11-20(10-14)26-24(31)21-13-30(28-17(21)4)22-12-19(6-5-16(22)3)23-27-25(32-29-23)18-7-8-18/h5-6,9-13,18H,7-8H2,1-4H3,(H,26,31). The third kappa shape index (κ3) is 3.93. The first-order valence-electron chi connectivity index (χ1n) is 10.8. The molecule has 1 aliphatic carbocycles. The van der Waals surface area contributed by atoms with Crippen LogP contribution in [0.2, 0.25) is 0 Å². The molecule has 2 aromatic heterocycles. The van der Waals surface area contributed by atoms with E-state index in [1.165, 1.54) is 0 Å². The maximum atomic E-state index is 13.0. The Hall–Kier alpha value is -3.74. The average Bonchev–Trinajstić information content (AvgIpc) is 3.33. The van der Waals surface area contributed by atoms with Crippen LogP contribution in [-0.2, 0) is 0 Å². The molecule has 0 radical (unpaired) electrons. The van der Waals surface area contributed by atoms with E-state index < -0.39 is 0 Å². The molecule has 0 unspecified atom stereocenters. The van der Waals surface area contributed by atoms with Crippen LogP contribution in [-0.4, -0.2) is 25.8 Å². The van der Waals surface area contributed by atoms with E-state index in [-0.39, 0.29) is 5.91 Å². The molecular weight excluding hydrogens is 402 g/mol. The molecule has 2 heterocycles. The van der Waals surface area contributed by atoms with E-state index in [0.717, 1.165) is 46.5 Å². The van der Waals surface area contributed by atoms with Gasteiger partial charge in [0.1, 0.15) is 0 Å². The van der Waals surface area contributed by atoms with E-state index in [9.17, 15) is 4.79 Å². The van der Waals surface area contributed by atoms with Gasteiger partial charge in [-0.1, -0.05) is 23.4 Å². The fourth-order valence-electron chi connectivity index (χ4n) is 3.90. The number of nitrogens with zero attached hydrogens (tertiary/aromatic N) is 4. The molecule has 1 fully saturated rings. The van der Waals surface area contributed by atoms with E-state index in [4.69, 9.17) is 4.52 Å². The van der Waals surface area contributed by atoms with Gasteiger partial charge in [-0.15, -0.1) is 0 Å². The number of anilines is 1. The molecule has 1 N–H and O–H groups in total. The minimum absolute atomic E-state index is 0.181. The Labute approximate surface area is 186 Å². The number of benzene rings is 2. The lowest BCUT2D eigenvalue weighted by atomic mass is 10.1. The van der Waals surface area contributed by atoms with Gasteiger partial charge in [0.05, 0.1) is 16.9 Å². The molecule has 5 rings (SSSR count). The molecule has 0 spiro atoms. The predicted octanol–water partition coefficient (Wildman–Crippen LogP) is 5.29.